The molecule has 0 radical (unpaired) electrons. The maximum atomic E-state index is 11.0. The van der Waals surface area contributed by atoms with Crippen LogP contribution >= 0.6 is 0 Å². The average molecular weight is 401 g/mol. The highest BCUT2D eigenvalue weighted by Crippen LogP contribution is 2.40. The topological polar surface area (TPSA) is 20.2 Å². The second-order valence-electron chi connectivity index (χ2n) is 12.1. The van der Waals surface area contributed by atoms with E-state index in [1.165, 1.54) is 56.9 Å². The fourth-order valence-electron chi connectivity index (χ4n) is 5.18. The van der Waals surface area contributed by atoms with Gasteiger partial charge in [0.2, 0.25) is 0 Å². The van der Waals surface area contributed by atoms with Crippen molar-refractivity contribution in [1.82, 2.24) is 0 Å². The fraction of sp³-hybridized carbons (Fsp3) is 0.786. The highest BCUT2D eigenvalue weighted by atomic mass is 16.3. The van der Waals surface area contributed by atoms with E-state index < -0.39 is 0 Å². The van der Waals surface area contributed by atoms with Gasteiger partial charge in [0.25, 0.3) is 0 Å². The number of phenolic OH excluding ortho intramolecular Hbond substituents is 1. The van der Waals surface area contributed by atoms with Crippen LogP contribution in [0.5, 0.6) is 5.75 Å². The maximum absolute atomic E-state index is 11.0. The quantitative estimate of drug-likeness (QED) is 0.486. The molecular weight excluding hydrogens is 352 g/mol. The van der Waals surface area contributed by atoms with Crippen LogP contribution in [0.15, 0.2) is 12.1 Å². The van der Waals surface area contributed by atoms with Crippen molar-refractivity contribution in [2.75, 3.05) is 0 Å². The first-order valence-corrected chi connectivity index (χ1v) is 12.3. The molecule has 1 aromatic carbocycles. The molecule has 1 nitrogen and oxygen atoms in total. The normalized spacial score (nSPS) is 21.9. The van der Waals surface area contributed by atoms with E-state index in [-0.39, 0.29) is 10.8 Å². The Balaban J connectivity index is 2.16. The molecule has 29 heavy (non-hydrogen) atoms. The van der Waals surface area contributed by atoms with Gasteiger partial charge in [-0.2, -0.15) is 0 Å². The lowest BCUT2D eigenvalue weighted by Gasteiger charge is -2.30. The fourth-order valence-corrected chi connectivity index (χ4v) is 5.18. The summed E-state index contributed by atoms with van der Waals surface area (Å²) in [6.45, 7) is 18.0. The van der Waals surface area contributed by atoms with E-state index in [9.17, 15) is 5.11 Å². The van der Waals surface area contributed by atoms with Crippen molar-refractivity contribution >= 4 is 0 Å². The SMILES string of the molecule is CCCC(CCc1cc(C(C)(C)C)c(O)c(C(C)(C)C)c1)CC1CCC(C)CC1. The van der Waals surface area contributed by atoms with Crippen molar-refractivity contribution in [2.45, 2.75) is 124 Å². The molecule has 0 aliphatic heterocycles. The Morgan fingerprint density at radius 1 is 0.897 bits per heavy atom. The Hall–Kier alpha value is -0.980. The predicted molar refractivity (Wildman–Crippen MR) is 128 cm³/mol. The van der Waals surface area contributed by atoms with Gasteiger partial charge in [-0.3, -0.25) is 0 Å². The maximum Gasteiger partial charge on any atom is 0.123 e. The van der Waals surface area contributed by atoms with Crippen molar-refractivity contribution in [1.29, 1.82) is 0 Å². The lowest BCUT2D eigenvalue weighted by atomic mass is 9.76. The molecular formula is C28H48O. The van der Waals surface area contributed by atoms with E-state index in [4.69, 9.17) is 0 Å². The second-order valence-corrected chi connectivity index (χ2v) is 12.1. The molecule has 1 saturated carbocycles. The molecule has 0 saturated heterocycles. The van der Waals surface area contributed by atoms with Gasteiger partial charge in [-0.05, 0) is 64.5 Å². The zero-order chi connectivity index (χ0) is 21.8. The van der Waals surface area contributed by atoms with E-state index in [2.05, 4.69) is 67.5 Å². The minimum absolute atomic E-state index is 0.0400. The third-order valence-electron chi connectivity index (χ3n) is 7.13. The predicted octanol–water partition coefficient (Wildman–Crippen LogP) is 8.55. The number of hydrogen-bond donors (Lipinski definition) is 1. The highest BCUT2D eigenvalue weighted by Gasteiger charge is 2.27. The Labute approximate surface area is 181 Å². The van der Waals surface area contributed by atoms with Gasteiger partial charge >= 0.3 is 0 Å². The van der Waals surface area contributed by atoms with Gasteiger partial charge in [-0.1, -0.05) is 106 Å². The molecule has 1 heteroatoms. The second kappa shape index (κ2) is 9.88. The van der Waals surface area contributed by atoms with Crippen LogP contribution in [0.25, 0.3) is 0 Å². The van der Waals surface area contributed by atoms with Crippen LogP contribution in [0, 0.1) is 17.8 Å². The molecule has 1 unspecified atom stereocenters. The van der Waals surface area contributed by atoms with Gasteiger partial charge in [-0.25, -0.2) is 0 Å². The molecule has 1 N–H and O–H groups in total. The molecule has 1 aliphatic carbocycles. The van der Waals surface area contributed by atoms with Gasteiger partial charge in [0, 0.05) is 0 Å². The smallest absolute Gasteiger partial charge is 0.123 e. The van der Waals surface area contributed by atoms with E-state index in [1.54, 1.807) is 0 Å². The Kier molecular flexibility index (Phi) is 8.28. The van der Waals surface area contributed by atoms with E-state index >= 15 is 0 Å². The van der Waals surface area contributed by atoms with E-state index in [1.807, 2.05) is 0 Å². The number of rotatable bonds is 7. The number of hydrogen-bond acceptors (Lipinski definition) is 1. The van der Waals surface area contributed by atoms with Crippen molar-refractivity contribution < 1.29 is 5.11 Å². The van der Waals surface area contributed by atoms with E-state index in [0.29, 0.717) is 5.75 Å². The molecule has 1 aromatic rings. The first-order valence-electron chi connectivity index (χ1n) is 12.3. The molecule has 0 spiro atoms. The number of phenols is 1. The summed E-state index contributed by atoms with van der Waals surface area (Å²) < 4.78 is 0. The van der Waals surface area contributed by atoms with Crippen molar-refractivity contribution in [2.24, 2.45) is 17.8 Å². The van der Waals surface area contributed by atoms with Crippen LogP contribution in [0.1, 0.15) is 123 Å². The number of benzene rings is 1. The van der Waals surface area contributed by atoms with Crippen LogP contribution in [0.4, 0.5) is 0 Å². The minimum atomic E-state index is -0.0400. The summed E-state index contributed by atoms with van der Waals surface area (Å²) in [5.74, 6) is 3.26. The molecule has 0 heterocycles. The summed E-state index contributed by atoms with van der Waals surface area (Å²) in [4.78, 5) is 0. The molecule has 0 aromatic heterocycles. The Bertz CT molecular complexity index is 600. The molecule has 0 bridgehead atoms. The van der Waals surface area contributed by atoms with Crippen molar-refractivity contribution in [3.05, 3.63) is 28.8 Å². The summed E-state index contributed by atoms with van der Waals surface area (Å²) in [6, 6.07) is 4.58. The standard InChI is InChI=1S/C28H48O/c1-9-10-21(17-22-13-11-20(2)12-14-22)15-16-23-18-24(27(3,4)5)26(29)25(19-23)28(6,7)8/h18-22,29H,9-17H2,1-8H3. The zero-order valence-corrected chi connectivity index (χ0v) is 20.7. The lowest BCUT2D eigenvalue weighted by molar-refractivity contribution is 0.234. The molecule has 1 atom stereocenters. The van der Waals surface area contributed by atoms with Crippen LogP contribution in [-0.2, 0) is 17.3 Å². The molecule has 1 aliphatic rings. The van der Waals surface area contributed by atoms with Gasteiger partial charge in [0.1, 0.15) is 5.75 Å². The summed E-state index contributed by atoms with van der Waals surface area (Å²) in [5, 5.41) is 11.0. The average Bonchev–Trinajstić information content (AvgIpc) is 2.60. The Morgan fingerprint density at radius 3 is 1.86 bits per heavy atom. The third kappa shape index (κ3) is 7.04. The number of aryl methyl sites for hydroxylation is 1. The van der Waals surface area contributed by atoms with Crippen LogP contribution in [-0.4, -0.2) is 5.11 Å². The first kappa shape index (κ1) is 24.3. The minimum Gasteiger partial charge on any atom is -0.507 e. The van der Waals surface area contributed by atoms with Crippen molar-refractivity contribution in [3.8, 4) is 5.75 Å². The third-order valence-corrected chi connectivity index (χ3v) is 7.13. The van der Waals surface area contributed by atoms with E-state index in [0.717, 1.165) is 35.3 Å². The van der Waals surface area contributed by atoms with Gasteiger partial charge in [0.15, 0.2) is 0 Å². The highest BCUT2D eigenvalue weighted by molar-refractivity contribution is 5.49. The summed E-state index contributed by atoms with van der Waals surface area (Å²) in [5.41, 5.74) is 3.54. The first-order chi connectivity index (χ1) is 13.4. The van der Waals surface area contributed by atoms with Gasteiger partial charge in [-0.15, -0.1) is 0 Å². The number of aromatic hydroxyl groups is 1. The lowest BCUT2D eigenvalue weighted by Crippen LogP contribution is -2.18. The zero-order valence-electron chi connectivity index (χ0n) is 20.7. The molecule has 0 amide bonds. The summed E-state index contributed by atoms with van der Waals surface area (Å²) >= 11 is 0. The van der Waals surface area contributed by atoms with Crippen LogP contribution in [0.3, 0.4) is 0 Å². The summed E-state index contributed by atoms with van der Waals surface area (Å²) in [7, 11) is 0. The van der Waals surface area contributed by atoms with Crippen LogP contribution in [0.2, 0.25) is 0 Å². The molecule has 2 rings (SSSR count). The molecule has 1 fully saturated rings. The van der Waals surface area contributed by atoms with Crippen LogP contribution < -0.4 is 0 Å². The van der Waals surface area contributed by atoms with Gasteiger partial charge in [0.05, 0.1) is 0 Å². The van der Waals surface area contributed by atoms with Gasteiger partial charge < -0.3 is 5.11 Å². The molecule has 166 valence electrons. The largest absolute Gasteiger partial charge is 0.507 e. The monoisotopic (exact) mass is 400 g/mol. The summed E-state index contributed by atoms with van der Waals surface area (Å²) in [6.07, 6.45) is 12.3. The van der Waals surface area contributed by atoms with Crippen molar-refractivity contribution in [3.63, 3.8) is 0 Å². The Morgan fingerprint density at radius 2 is 1.41 bits per heavy atom.